The lowest BCUT2D eigenvalue weighted by molar-refractivity contribution is -0.120. The lowest BCUT2D eigenvalue weighted by Gasteiger charge is -2.07. The fourth-order valence-electron chi connectivity index (χ4n) is 1.78. The molecule has 8 heteroatoms. The minimum absolute atomic E-state index is 0.153. The van der Waals surface area contributed by atoms with E-state index in [1.165, 1.54) is 17.7 Å². The van der Waals surface area contributed by atoms with Gasteiger partial charge in [0, 0.05) is 6.42 Å². The van der Waals surface area contributed by atoms with Crippen LogP contribution in [-0.2, 0) is 9.53 Å². The summed E-state index contributed by atoms with van der Waals surface area (Å²) in [7, 11) is 0. The minimum atomic E-state index is -0.374. The molecule has 0 spiro atoms. The highest BCUT2D eigenvalue weighted by Crippen LogP contribution is 2.33. The first kappa shape index (κ1) is 15.2. The first-order valence-electron chi connectivity index (χ1n) is 6.54. The van der Waals surface area contributed by atoms with Gasteiger partial charge in [0.05, 0.1) is 12.0 Å². The Bertz CT molecular complexity index is 683. The number of ether oxygens (including phenoxy) is 1. The van der Waals surface area contributed by atoms with E-state index in [9.17, 15) is 9.59 Å². The number of hydrazine groups is 1. The SMILES string of the molecule is CCOC(=O)c1sc2ncnc(NNC(=O)CC)c2c1C. The quantitative estimate of drug-likeness (QED) is 0.648. The van der Waals surface area contributed by atoms with Crippen LogP contribution in [0.3, 0.4) is 0 Å². The van der Waals surface area contributed by atoms with Crippen LogP contribution in [0.2, 0.25) is 0 Å². The lowest BCUT2D eigenvalue weighted by atomic mass is 10.2. The highest BCUT2D eigenvalue weighted by atomic mass is 32.1. The molecule has 1 amide bonds. The highest BCUT2D eigenvalue weighted by Gasteiger charge is 2.20. The molecule has 0 aliphatic carbocycles. The van der Waals surface area contributed by atoms with Crippen molar-refractivity contribution in [2.45, 2.75) is 27.2 Å². The van der Waals surface area contributed by atoms with Gasteiger partial charge in [0.25, 0.3) is 0 Å². The van der Waals surface area contributed by atoms with Gasteiger partial charge < -0.3 is 4.74 Å². The van der Waals surface area contributed by atoms with Gasteiger partial charge in [-0.3, -0.25) is 15.6 Å². The Hall–Kier alpha value is -2.22. The first-order valence-corrected chi connectivity index (χ1v) is 7.36. The van der Waals surface area contributed by atoms with Crippen LogP contribution >= 0.6 is 11.3 Å². The fourth-order valence-corrected chi connectivity index (χ4v) is 2.82. The van der Waals surface area contributed by atoms with E-state index in [-0.39, 0.29) is 11.9 Å². The molecule has 21 heavy (non-hydrogen) atoms. The molecule has 0 aromatic carbocycles. The number of carbonyl (C=O) groups is 2. The summed E-state index contributed by atoms with van der Waals surface area (Å²) < 4.78 is 5.03. The van der Waals surface area contributed by atoms with Crippen molar-refractivity contribution < 1.29 is 14.3 Å². The summed E-state index contributed by atoms with van der Waals surface area (Å²) in [6.45, 7) is 5.63. The van der Waals surface area contributed by atoms with Crippen LogP contribution in [0, 0.1) is 6.92 Å². The smallest absolute Gasteiger partial charge is 0.348 e. The monoisotopic (exact) mass is 308 g/mol. The number of fused-ring (bicyclic) bond motifs is 1. The molecule has 0 saturated carbocycles. The third-order valence-corrected chi connectivity index (χ3v) is 4.01. The molecule has 7 nitrogen and oxygen atoms in total. The van der Waals surface area contributed by atoms with Crippen LogP contribution in [0.4, 0.5) is 5.82 Å². The van der Waals surface area contributed by atoms with Gasteiger partial charge in [0.1, 0.15) is 16.0 Å². The first-order chi connectivity index (χ1) is 10.1. The molecule has 0 atom stereocenters. The Morgan fingerprint density at radius 1 is 1.33 bits per heavy atom. The number of aromatic nitrogens is 2. The summed E-state index contributed by atoms with van der Waals surface area (Å²) in [5.41, 5.74) is 6.05. The van der Waals surface area contributed by atoms with Crippen molar-refractivity contribution in [1.82, 2.24) is 15.4 Å². The third-order valence-electron chi connectivity index (χ3n) is 2.83. The normalized spacial score (nSPS) is 10.4. The summed E-state index contributed by atoms with van der Waals surface area (Å²) in [6, 6.07) is 0. The van der Waals surface area contributed by atoms with Crippen molar-refractivity contribution in [2.24, 2.45) is 0 Å². The van der Waals surface area contributed by atoms with Crippen LogP contribution in [0.25, 0.3) is 10.2 Å². The third kappa shape index (κ3) is 3.10. The number of thiophene rings is 1. The van der Waals surface area contributed by atoms with E-state index in [4.69, 9.17) is 4.74 Å². The van der Waals surface area contributed by atoms with Crippen molar-refractivity contribution in [2.75, 3.05) is 12.0 Å². The van der Waals surface area contributed by atoms with E-state index >= 15 is 0 Å². The second kappa shape index (κ2) is 6.49. The molecule has 2 rings (SSSR count). The van der Waals surface area contributed by atoms with Gasteiger partial charge in [-0.1, -0.05) is 6.92 Å². The maximum atomic E-state index is 11.9. The standard InChI is InChI=1S/C13H16N4O3S/c1-4-8(18)16-17-11-9-7(3)10(13(19)20-5-2)21-12(9)15-6-14-11/h6H,4-5H2,1-3H3,(H,16,18)(H,14,15,17). The largest absolute Gasteiger partial charge is 0.462 e. The van der Waals surface area contributed by atoms with Gasteiger partial charge in [0.15, 0.2) is 5.82 Å². The average molecular weight is 308 g/mol. The molecule has 112 valence electrons. The molecule has 0 unspecified atom stereocenters. The fraction of sp³-hybridized carbons (Fsp3) is 0.385. The molecular formula is C13H16N4O3S. The Morgan fingerprint density at radius 2 is 2.10 bits per heavy atom. The predicted molar refractivity (Wildman–Crippen MR) is 80.2 cm³/mol. The Kier molecular flexibility index (Phi) is 4.69. The molecule has 0 bridgehead atoms. The molecular weight excluding hydrogens is 292 g/mol. The second-order valence-corrected chi connectivity index (χ2v) is 5.20. The molecule has 0 aliphatic heterocycles. The average Bonchev–Trinajstić information content (AvgIpc) is 2.83. The van der Waals surface area contributed by atoms with E-state index in [2.05, 4.69) is 20.8 Å². The molecule has 2 aromatic heterocycles. The predicted octanol–water partition coefficient (Wildman–Crippen LogP) is 2.03. The molecule has 0 aliphatic rings. The van der Waals surface area contributed by atoms with Gasteiger partial charge >= 0.3 is 5.97 Å². The van der Waals surface area contributed by atoms with Crippen molar-refractivity contribution in [3.8, 4) is 0 Å². The number of nitrogens with zero attached hydrogens (tertiary/aromatic N) is 2. The molecule has 2 aromatic rings. The maximum Gasteiger partial charge on any atom is 0.348 e. The van der Waals surface area contributed by atoms with E-state index in [0.717, 1.165) is 5.56 Å². The number of esters is 1. The topological polar surface area (TPSA) is 93.2 Å². The van der Waals surface area contributed by atoms with Gasteiger partial charge in [-0.25, -0.2) is 14.8 Å². The molecule has 2 heterocycles. The Balaban J connectivity index is 2.39. The zero-order valence-corrected chi connectivity index (χ0v) is 12.8. The number of rotatable bonds is 5. The Morgan fingerprint density at radius 3 is 2.76 bits per heavy atom. The van der Waals surface area contributed by atoms with Crippen LogP contribution in [0.5, 0.6) is 0 Å². The summed E-state index contributed by atoms with van der Waals surface area (Å²) >= 11 is 1.25. The van der Waals surface area contributed by atoms with E-state index in [1.54, 1.807) is 20.8 Å². The van der Waals surface area contributed by atoms with Crippen molar-refractivity contribution in [3.05, 3.63) is 16.8 Å². The molecule has 0 saturated heterocycles. The van der Waals surface area contributed by atoms with Gasteiger partial charge in [-0.2, -0.15) is 0 Å². The number of carbonyl (C=O) groups excluding carboxylic acids is 2. The number of aryl methyl sites for hydroxylation is 1. The van der Waals surface area contributed by atoms with E-state index in [0.29, 0.717) is 33.9 Å². The summed E-state index contributed by atoms with van der Waals surface area (Å²) in [6.07, 6.45) is 1.74. The zero-order valence-electron chi connectivity index (χ0n) is 12.0. The van der Waals surface area contributed by atoms with Crippen LogP contribution in [-0.4, -0.2) is 28.5 Å². The van der Waals surface area contributed by atoms with Crippen LogP contribution < -0.4 is 10.9 Å². The number of anilines is 1. The molecule has 0 radical (unpaired) electrons. The highest BCUT2D eigenvalue weighted by molar-refractivity contribution is 7.20. The molecule has 0 fully saturated rings. The zero-order chi connectivity index (χ0) is 15.4. The molecule has 2 N–H and O–H groups in total. The van der Waals surface area contributed by atoms with Gasteiger partial charge in [-0.15, -0.1) is 11.3 Å². The van der Waals surface area contributed by atoms with Crippen molar-refractivity contribution >= 4 is 39.2 Å². The lowest BCUT2D eigenvalue weighted by Crippen LogP contribution is -2.29. The number of nitrogens with one attached hydrogen (secondary N) is 2. The number of hydrogen-bond acceptors (Lipinski definition) is 7. The van der Waals surface area contributed by atoms with Gasteiger partial charge in [0.2, 0.25) is 5.91 Å². The Labute approximate surface area is 125 Å². The van der Waals surface area contributed by atoms with Crippen LogP contribution in [0.1, 0.15) is 35.5 Å². The van der Waals surface area contributed by atoms with E-state index in [1.807, 2.05) is 0 Å². The number of amides is 1. The second-order valence-electron chi connectivity index (χ2n) is 4.21. The van der Waals surface area contributed by atoms with Crippen molar-refractivity contribution in [1.29, 1.82) is 0 Å². The summed E-state index contributed by atoms with van der Waals surface area (Å²) in [5.74, 6) is -0.0621. The van der Waals surface area contributed by atoms with Crippen LogP contribution in [0.15, 0.2) is 6.33 Å². The van der Waals surface area contributed by atoms with E-state index < -0.39 is 0 Å². The number of hydrogen-bond donors (Lipinski definition) is 2. The minimum Gasteiger partial charge on any atom is -0.462 e. The maximum absolute atomic E-state index is 11.9. The van der Waals surface area contributed by atoms with Crippen molar-refractivity contribution in [3.63, 3.8) is 0 Å². The summed E-state index contributed by atoms with van der Waals surface area (Å²) in [4.78, 5) is 32.7. The van der Waals surface area contributed by atoms with Gasteiger partial charge in [-0.05, 0) is 19.4 Å². The summed E-state index contributed by atoms with van der Waals surface area (Å²) in [5, 5.41) is 0.710.